The number of likely N-dealkylation sites (tertiary alicyclic amines) is 1. The van der Waals surface area contributed by atoms with Gasteiger partial charge in [0.25, 0.3) is 0 Å². The Morgan fingerprint density at radius 3 is 2.71 bits per heavy atom. The molecule has 5 atom stereocenters. The fourth-order valence-corrected chi connectivity index (χ4v) is 4.54. The van der Waals surface area contributed by atoms with E-state index in [-0.39, 0.29) is 6.04 Å². The highest BCUT2D eigenvalue weighted by atomic mass is 15.2. The Labute approximate surface area is 129 Å². The first-order valence-electron chi connectivity index (χ1n) is 8.67. The van der Waals surface area contributed by atoms with Crippen LogP contribution in [0.3, 0.4) is 0 Å². The van der Waals surface area contributed by atoms with E-state index in [2.05, 4.69) is 49.9 Å². The highest BCUT2D eigenvalue weighted by Gasteiger charge is 2.37. The third-order valence-electron chi connectivity index (χ3n) is 5.84. The van der Waals surface area contributed by atoms with Crippen molar-refractivity contribution in [3.8, 4) is 0 Å². The molecule has 2 aliphatic rings. The maximum atomic E-state index is 6.73. The van der Waals surface area contributed by atoms with Crippen LogP contribution in [-0.4, -0.2) is 23.5 Å². The smallest absolute Gasteiger partial charge is 0.0455 e. The maximum Gasteiger partial charge on any atom is 0.0455 e. The fourth-order valence-electron chi connectivity index (χ4n) is 4.54. The van der Waals surface area contributed by atoms with E-state index in [1.165, 1.54) is 43.4 Å². The average molecular weight is 286 g/mol. The first-order chi connectivity index (χ1) is 10.1. The van der Waals surface area contributed by atoms with Gasteiger partial charge in [-0.25, -0.2) is 0 Å². The predicted molar refractivity (Wildman–Crippen MR) is 89.2 cm³/mol. The summed E-state index contributed by atoms with van der Waals surface area (Å²) in [5, 5.41) is 0. The molecule has 1 aliphatic heterocycles. The summed E-state index contributed by atoms with van der Waals surface area (Å²) in [4.78, 5) is 2.73. The zero-order valence-corrected chi connectivity index (χ0v) is 13.8. The zero-order chi connectivity index (χ0) is 15.0. The summed E-state index contributed by atoms with van der Waals surface area (Å²) in [7, 11) is 0. The Bertz CT molecular complexity index is 484. The summed E-state index contributed by atoms with van der Waals surface area (Å²) in [5.74, 6) is 1.57. The summed E-state index contributed by atoms with van der Waals surface area (Å²) in [6, 6.07) is 10.1. The Hall–Kier alpha value is -0.860. The lowest BCUT2D eigenvalue weighted by Crippen LogP contribution is -2.53. The molecule has 5 unspecified atom stereocenters. The monoisotopic (exact) mass is 286 g/mol. The van der Waals surface area contributed by atoms with Crippen molar-refractivity contribution in [1.29, 1.82) is 0 Å². The molecule has 0 amide bonds. The number of fused-ring (bicyclic) bond motifs is 1. The molecule has 3 rings (SSSR count). The first kappa shape index (κ1) is 15.1. The van der Waals surface area contributed by atoms with Crippen molar-refractivity contribution in [1.82, 2.24) is 4.90 Å². The highest BCUT2D eigenvalue weighted by Crippen LogP contribution is 2.36. The van der Waals surface area contributed by atoms with Gasteiger partial charge in [0.1, 0.15) is 0 Å². The number of rotatable bonds is 1. The lowest BCUT2D eigenvalue weighted by Gasteiger charge is -2.47. The van der Waals surface area contributed by atoms with Crippen LogP contribution < -0.4 is 5.73 Å². The Morgan fingerprint density at radius 1 is 1.14 bits per heavy atom. The van der Waals surface area contributed by atoms with Crippen molar-refractivity contribution in [2.75, 3.05) is 6.54 Å². The van der Waals surface area contributed by atoms with Gasteiger partial charge in [-0.3, -0.25) is 4.90 Å². The largest absolute Gasteiger partial charge is 0.323 e. The average Bonchev–Trinajstić information content (AvgIpc) is 2.63. The Kier molecular flexibility index (Phi) is 4.37. The maximum absolute atomic E-state index is 6.73. The van der Waals surface area contributed by atoms with Gasteiger partial charge in [0.2, 0.25) is 0 Å². The lowest BCUT2D eigenvalue weighted by molar-refractivity contribution is 0.0268. The third-order valence-corrected chi connectivity index (χ3v) is 5.84. The molecule has 0 radical (unpaired) electrons. The fraction of sp³-hybridized carbons (Fsp3) is 0.684. The second-order valence-corrected chi connectivity index (χ2v) is 7.44. The van der Waals surface area contributed by atoms with Crippen LogP contribution in [-0.2, 0) is 6.42 Å². The molecule has 2 nitrogen and oxygen atoms in total. The molecule has 0 aromatic heterocycles. The van der Waals surface area contributed by atoms with Crippen LogP contribution in [0.1, 0.15) is 57.2 Å². The summed E-state index contributed by atoms with van der Waals surface area (Å²) in [5.41, 5.74) is 9.59. The van der Waals surface area contributed by atoms with Gasteiger partial charge in [0.05, 0.1) is 0 Å². The van der Waals surface area contributed by atoms with Crippen LogP contribution in [0, 0.1) is 11.8 Å². The molecular formula is C19H30N2. The standard InChI is InChI=1S/C19H30N2/c1-13-11-14(2)15(3)21(12-13)18-10-6-8-16-7-4-5-9-17(16)19(18)20/h4-5,7,9,13-15,18-19H,6,8,10-12,20H2,1-3H3. The predicted octanol–water partition coefficient (Wildman–Crippen LogP) is 3.76. The van der Waals surface area contributed by atoms with E-state index < -0.39 is 0 Å². The molecule has 1 saturated heterocycles. The number of hydrogen-bond acceptors (Lipinski definition) is 2. The second kappa shape index (κ2) is 6.10. The first-order valence-corrected chi connectivity index (χ1v) is 8.67. The van der Waals surface area contributed by atoms with Crippen molar-refractivity contribution in [3.05, 3.63) is 35.4 Å². The molecule has 1 aliphatic carbocycles. The number of piperidine rings is 1. The van der Waals surface area contributed by atoms with E-state index in [9.17, 15) is 0 Å². The molecule has 1 aromatic carbocycles. The van der Waals surface area contributed by atoms with Crippen LogP contribution in [0.4, 0.5) is 0 Å². The summed E-state index contributed by atoms with van der Waals surface area (Å²) >= 11 is 0. The zero-order valence-electron chi connectivity index (χ0n) is 13.8. The van der Waals surface area contributed by atoms with E-state index in [0.29, 0.717) is 12.1 Å². The van der Waals surface area contributed by atoms with E-state index in [1.807, 2.05) is 0 Å². The number of nitrogens with two attached hydrogens (primary N) is 1. The van der Waals surface area contributed by atoms with Crippen molar-refractivity contribution < 1.29 is 0 Å². The minimum Gasteiger partial charge on any atom is -0.323 e. The lowest BCUT2D eigenvalue weighted by atomic mass is 9.83. The van der Waals surface area contributed by atoms with Crippen LogP contribution in [0.5, 0.6) is 0 Å². The van der Waals surface area contributed by atoms with Gasteiger partial charge >= 0.3 is 0 Å². The van der Waals surface area contributed by atoms with Gasteiger partial charge in [-0.15, -0.1) is 0 Å². The van der Waals surface area contributed by atoms with E-state index in [1.54, 1.807) is 0 Å². The topological polar surface area (TPSA) is 29.3 Å². The van der Waals surface area contributed by atoms with Gasteiger partial charge < -0.3 is 5.73 Å². The van der Waals surface area contributed by atoms with Gasteiger partial charge in [-0.2, -0.15) is 0 Å². The van der Waals surface area contributed by atoms with Crippen molar-refractivity contribution in [3.63, 3.8) is 0 Å². The Morgan fingerprint density at radius 2 is 1.90 bits per heavy atom. The minimum absolute atomic E-state index is 0.170. The molecule has 116 valence electrons. The SMILES string of the molecule is CC1CC(C)C(C)N(C2CCCc3ccccc3C2N)C1. The minimum atomic E-state index is 0.170. The molecule has 1 heterocycles. The van der Waals surface area contributed by atoms with Gasteiger partial charge in [-0.1, -0.05) is 38.1 Å². The van der Waals surface area contributed by atoms with Crippen LogP contribution in [0.15, 0.2) is 24.3 Å². The molecule has 2 heteroatoms. The molecule has 0 spiro atoms. The van der Waals surface area contributed by atoms with Crippen LogP contribution >= 0.6 is 0 Å². The Balaban J connectivity index is 1.88. The molecule has 21 heavy (non-hydrogen) atoms. The van der Waals surface area contributed by atoms with Crippen LogP contribution in [0.2, 0.25) is 0 Å². The number of benzene rings is 1. The molecular weight excluding hydrogens is 256 g/mol. The van der Waals surface area contributed by atoms with E-state index >= 15 is 0 Å². The van der Waals surface area contributed by atoms with Gasteiger partial charge in [-0.05, 0) is 55.6 Å². The molecule has 1 aromatic rings. The second-order valence-electron chi connectivity index (χ2n) is 7.44. The number of aryl methyl sites for hydroxylation is 1. The van der Waals surface area contributed by atoms with E-state index in [4.69, 9.17) is 5.73 Å². The van der Waals surface area contributed by atoms with Gasteiger partial charge in [0, 0.05) is 24.7 Å². The van der Waals surface area contributed by atoms with Crippen molar-refractivity contribution in [2.45, 2.75) is 64.6 Å². The normalized spacial score (nSPS) is 37.8. The van der Waals surface area contributed by atoms with Crippen molar-refractivity contribution >= 4 is 0 Å². The highest BCUT2D eigenvalue weighted by molar-refractivity contribution is 5.32. The van der Waals surface area contributed by atoms with Crippen molar-refractivity contribution in [2.24, 2.45) is 17.6 Å². The number of hydrogen-bond donors (Lipinski definition) is 1. The van der Waals surface area contributed by atoms with Gasteiger partial charge in [0.15, 0.2) is 0 Å². The summed E-state index contributed by atoms with van der Waals surface area (Å²) in [6.07, 6.45) is 5.05. The number of nitrogens with zero attached hydrogens (tertiary/aromatic N) is 1. The summed E-state index contributed by atoms with van der Waals surface area (Å²) < 4.78 is 0. The van der Waals surface area contributed by atoms with Crippen LogP contribution in [0.25, 0.3) is 0 Å². The van der Waals surface area contributed by atoms with E-state index in [0.717, 1.165) is 11.8 Å². The molecule has 0 bridgehead atoms. The molecule has 1 fully saturated rings. The quantitative estimate of drug-likeness (QED) is 0.797. The summed E-state index contributed by atoms with van der Waals surface area (Å²) in [6.45, 7) is 8.42. The molecule has 0 saturated carbocycles. The third kappa shape index (κ3) is 2.89. The molecule has 2 N–H and O–H groups in total.